The molecule has 3 aliphatic heterocycles. The lowest BCUT2D eigenvalue weighted by atomic mass is 9.71. The van der Waals surface area contributed by atoms with E-state index in [-0.39, 0.29) is 17.6 Å². The Bertz CT molecular complexity index is 1500. The van der Waals surface area contributed by atoms with Crippen LogP contribution >= 0.6 is 11.6 Å². The van der Waals surface area contributed by atoms with Crippen LogP contribution in [0.15, 0.2) is 48.0 Å². The Labute approximate surface area is 284 Å². The van der Waals surface area contributed by atoms with Crippen LogP contribution in [0.3, 0.4) is 0 Å². The fourth-order valence-electron chi connectivity index (χ4n) is 7.77. The molecule has 6 rings (SSSR count). The van der Waals surface area contributed by atoms with Crippen molar-refractivity contribution in [3.63, 3.8) is 0 Å². The highest BCUT2D eigenvalue weighted by molar-refractivity contribution is 6.30. The van der Waals surface area contributed by atoms with Crippen molar-refractivity contribution in [1.29, 1.82) is 0 Å². The van der Waals surface area contributed by atoms with Crippen molar-refractivity contribution in [2.75, 3.05) is 70.4 Å². The predicted molar refractivity (Wildman–Crippen MR) is 185 cm³/mol. The van der Waals surface area contributed by atoms with Gasteiger partial charge in [-0.05, 0) is 86.9 Å². The van der Waals surface area contributed by atoms with Crippen molar-refractivity contribution in [2.45, 2.75) is 65.2 Å². The molecular weight excluding hydrogens is 616 g/mol. The molecule has 0 bridgehead atoms. The van der Waals surface area contributed by atoms with Gasteiger partial charge in [-0.2, -0.15) is 0 Å². The number of hydrogen-bond donors (Lipinski definition) is 1. The number of hydrogen-bond acceptors (Lipinski definition) is 7. The van der Waals surface area contributed by atoms with Gasteiger partial charge in [-0.3, -0.25) is 9.80 Å². The number of carbonyl (C=O) groups is 2. The number of carboxylic acid groups (broad SMARTS) is 1. The predicted octanol–water partition coefficient (Wildman–Crippen LogP) is 6.26. The zero-order valence-corrected chi connectivity index (χ0v) is 29.0. The van der Waals surface area contributed by atoms with Crippen LogP contribution in [0, 0.1) is 5.41 Å². The van der Waals surface area contributed by atoms with Crippen molar-refractivity contribution in [3.8, 4) is 0 Å². The molecule has 1 N–H and O–H groups in total. The summed E-state index contributed by atoms with van der Waals surface area (Å²) >= 11 is 6.29. The van der Waals surface area contributed by atoms with Gasteiger partial charge in [0.05, 0.1) is 24.8 Å². The molecule has 2 aromatic carbocycles. The maximum absolute atomic E-state index is 12.6. The Balaban J connectivity index is 1.15. The molecule has 0 aromatic heterocycles. The molecule has 1 amide bonds. The minimum atomic E-state index is -0.911. The van der Waals surface area contributed by atoms with E-state index in [1.807, 2.05) is 43.9 Å². The highest BCUT2D eigenvalue weighted by atomic mass is 35.5. The molecule has 254 valence electrons. The van der Waals surface area contributed by atoms with Crippen LogP contribution in [0.25, 0.3) is 5.57 Å². The summed E-state index contributed by atoms with van der Waals surface area (Å²) in [4.78, 5) is 33.6. The Morgan fingerprint density at radius 1 is 1.02 bits per heavy atom. The van der Waals surface area contributed by atoms with E-state index in [1.165, 1.54) is 16.7 Å². The summed E-state index contributed by atoms with van der Waals surface area (Å²) in [6.45, 7) is 16.9. The summed E-state index contributed by atoms with van der Waals surface area (Å²) in [6.07, 6.45) is 2.95. The third-order valence-corrected chi connectivity index (χ3v) is 10.3. The van der Waals surface area contributed by atoms with Crippen LogP contribution in [-0.4, -0.2) is 109 Å². The van der Waals surface area contributed by atoms with Crippen molar-refractivity contribution in [2.24, 2.45) is 5.41 Å². The van der Waals surface area contributed by atoms with E-state index in [4.69, 9.17) is 21.1 Å². The number of allylic oxidation sites excluding steroid dienone is 1. The molecule has 2 fully saturated rings. The molecule has 3 heterocycles. The van der Waals surface area contributed by atoms with Gasteiger partial charge in [-0.15, -0.1) is 0 Å². The first kappa shape index (κ1) is 33.8. The van der Waals surface area contributed by atoms with Gasteiger partial charge in [0.15, 0.2) is 0 Å². The van der Waals surface area contributed by atoms with Gasteiger partial charge < -0.3 is 24.4 Å². The fourth-order valence-corrected chi connectivity index (χ4v) is 7.89. The zero-order chi connectivity index (χ0) is 33.3. The Hall–Kier alpha value is -3.11. The van der Waals surface area contributed by atoms with E-state index in [1.54, 1.807) is 12.1 Å². The number of piperazine rings is 2. The smallest absolute Gasteiger partial charge is 0.410 e. The molecule has 2 aromatic rings. The fraction of sp³-hybridized carbons (Fsp3) is 0.568. The molecule has 1 aliphatic carbocycles. The third-order valence-electron chi connectivity index (χ3n) is 10.1. The van der Waals surface area contributed by atoms with Crippen molar-refractivity contribution >= 4 is 34.9 Å². The first-order chi connectivity index (χ1) is 22.4. The summed E-state index contributed by atoms with van der Waals surface area (Å²) in [5.74, 6) is -0.911. The topological polar surface area (TPSA) is 85.8 Å². The lowest BCUT2D eigenvalue weighted by molar-refractivity contribution is 0.0104. The maximum Gasteiger partial charge on any atom is 0.410 e. The number of aromatic carboxylic acids is 1. The molecule has 10 heteroatoms. The highest BCUT2D eigenvalue weighted by Crippen LogP contribution is 2.44. The molecule has 0 radical (unpaired) electrons. The number of ether oxygens (including phenoxy) is 2. The molecule has 2 atom stereocenters. The van der Waals surface area contributed by atoms with Crippen molar-refractivity contribution in [3.05, 3.63) is 69.8 Å². The molecule has 4 aliphatic rings. The SMILES string of the molecule is CC(C)(C)OC(=O)N1CCN(C[C@]2(C)CCC(c3ccc(Cl)cc3)=C(CN3CCN4c5ccc(C(=O)O)cc5COC[C@H]4C3)C2)CC1. The third kappa shape index (κ3) is 8.13. The van der Waals surface area contributed by atoms with Gasteiger partial charge in [-0.1, -0.05) is 36.2 Å². The van der Waals surface area contributed by atoms with Crippen LogP contribution in [0.2, 0.25) is 5.02 Å². The zero-order valence-electron chi connectivity index (χ0n) is 28.3. The monoisotopic (exact) mass is 664 g/mol. The molecule has 0 unspecified atom stereocenters. The Kier molecular flexibility index (Phi) is 9.91. The normalized spacial score (nSPS) is 24.4. The van der Waals surface area contributed by atoms with Gasteiger partial charge in [0.1, 0.15) is 5.60 Å². The second-order valence-corrected chi connectivity index (χ2v) is 15.5. The first-order valence-corrected chi connectivity index (χ1v) is 17.3. The second-order valence-electron chi connectivity index (χ2n) is 15.1. The average molecular weight is 665 g/mol. The lowest BCUT2D eigenvalue weighted by Gasteiger charge is -2.45. The van der Waals surface area contributed by atoms with Gasteiger partial charge in [0, 0.05) is 75.2 Å². The number of rotatable bonds is 6. The molecule has 47 heavy (non-hydrogen) atoms. The summed E-state index contributed by atoms with van der Waals surface area (Å²) in [6, 6.07) is 13.9. The van der Waals surface area contributed by atoms with Crippen LogP contribution in [0.1, 0.15) is 68.4 Å². The molecule has 0 saturated carbocycles. The molecular formula is C37H49ClN4O5. The minimum Gasteiger partial charge on any atom is -0.478 e. The van der Waals surface area contributed by atoms with Crippen LogP contribution in [0.5, 0.6) is 0 Å². The number of carbonyl (C=O) groups excluding carboxylic acids is 1. The number of halogens is 1. The number of anilines is 1. The van der Waals surface area contributed by atoms with E-state index in [0.717, 1.165) is 81.3 Å². The molecule has 2 saturated heterocycles. The van der Waals surface area contributed by atoms with Crippen LogP contribution in [-0.2, 0) is 16.1 Å². The van der Waals surface area contributed by atoms with E-state index in [2.05, 4.69) is 33.8 Å². The Morgan fingerprint density at radius 2 is 1.74 bits per heavy atom. The number of fused-ring (bicyclic) bond motifs is 3. The van der Waals surface area contributed by atoms with E-state index in [0.29, 0.717) is 31.9 Å². The minimum absolute atomic E-state index is 0.132. The van der Waals surface area contributed by atoms with Crippen molar-refractivity contribution < 1.29 is 24.2 Å². The Morgan fingerprint density at radius 3 is 2.45 bits per heavy atom. The summed E-state index contributed by atoms with van der Waals surface area (Å²) in [7, 11) is 0. The number of nitrogens with zero attached hydrogens (tertiary/aromatic N) is 4. The summed E-state index contributed by atoms with van der Waals surface area (Å²) < 4.78 is 11.7. The molecule has 0 spiro atoms. The molecule has 9 nitrogen and oxygen atoms in total. The van der Waals surface area contributed by atoms with Crippen molar-refractivity contribution in [1.82, 2.24) is 14.7 Å². The van der Waals surface area contributed by atoms with Gasteiger partial charge in [0.25, 0.3) is 0 Å². The maximum atomic E-state index is 12.6. The van der Waals surface area contributed by atoms with Gasteiger partial charge in [-0.25, -0.2) is 9.59 Å². The number of amides is 1. The average Bonchev–Trinajstić information content (AvgIpc) is 3.19. The summed E-state index contributed by atoms with van der Waals surface area (Å²) in [5, 5.41) is 10.2. The van der Waals surface area contributed by atoms with E-state index < -0.39 is 11.6 Å². The van der Waals surface area contributed by atoms with Gasteiger partial charge >= 0.3 is 12.1 Å². The number of carboxylic acids is 1. The van der Waals surface area contributed by atoms with Crippen LogP contribution < -0.4 is 4.90 Å². The largest absolute Gasteiger partial charge is 0.478 e. The number of benzene rings is 2. The second kappa shape index (κ2) is 13.8. The van der Waals surface area contributed by atoms with E-state index >= 15 is 0 Å². The summed E-state index contributed by atoms with van der Waals surface area (Å²) in [5.41, 5.74) is 6.20. The standard InChI is InChI=1S/C37H49ClN4O5/c1-36(2,3)47-35(45)41-16-13-39(14-17-41)25-37(4)12-11-32(26-5-8-30(38)9-6-26)29(20-37)21-40-15-18-42-31(22-40)24-46-23-28-19-27(34(43)44)7-10-33(28)42/h5-10,19,31H,11-18,20-25H2,1-4H3,(H,43,44)/t31-,37-/m1/s1. The lowest BCUT2D eigenvalue weighted by Crippen LogP contribution is -2.55. The van der Waals surface area contributed by atoms with E-state index in [9.17, 15) is 14.7 Å². The quantitative estimate of drug-likeness (QED) is 0.388. The van der Waals surface area contributed by atoms with Crippen LogP contribution in [0.4, 0.5) is 10.5 Å². The van der Waals surface area contributed by atoms with Gasteiger partial charge in [0.2, 0.25) is 0 Å². The first-order valence-electron chi connectivity index (χ1n) is 17.0. The highest BCUT2D eigenvalue weighted by Gasteiger charge is 2.37.